The maximum Gasteiger partial charge on any atom is 0.235 e. The van der Waals surface area contributed by atoms with E-state index >= 15 is 0 Å². The van der Waals surface area contributed by atoms with Crippen molar-refractivity contribution in [1.29, 1.82) is 0 Å². The van der Waals surface area contributed by atoms with Crippen molar-refractivity contribution in [2.24, 2.45) is 0 Å². The highest BCUT2D eigenvalue weighted by molar-refractivity contribution is 6.64. The summed E-state index contributed by atoms with van der Waals surface area (Å²) in [5.74, 6) is 0. The molecule has 0 aliphatic rings. The lowest BCUT2D eigenvalue weighted by atomic mass is 10.5. The zero-order valence-corrected chi connectivity index (χ0v) is 5.66. The molecule has 0 aromatic carbocycles. The highest BCUT2D eigenvalue weighted by Gasteiger charge is 1.90. The summed E-state index contributed by atoms with van der Waals surface area (Å²) >= 11 is 5.01. The SMILES string of the molecule is CCCNCC(=O)Cl. The molecule has 0 amide bonds. The summed E-state index contributed by atoms with van der Waals surface area (Å²) < 4.78 is 0. The Morgan fingerprint density at radius 3 is 2.75 bits per heavy atom. The molecule has 0 saturated carbocycles. The van der Waals surface area contributed by atoms with Crippen LogP contribution in [0.3, 0.4) is 0 Å². The second-order valence-electron chi connectivity index (χ2n) is 1.53. The van der Waals surface area contributed by atoms with Crippen molar-refractivity contribution in [1.82, 2.24) is 5.32 Å². The Labute approximate surface area is 54.2 Å². The second-order valence-corrected chi connectivity index (χ2v) is 1.95. The first-order valence-corrected chi connectivity index (χ1v) is 3.04. The molecule has 0 aromatic rings. The Balaban J connectivity index is 2.82. The summed E-state index contributed by atoms with van der Waals surface area (Å²) in [4.78, 5) is 10.0. The van der Waals surface area contributed by atoms with Crippen LogP contribution in [0.4, 0.5) is 0 Å². The zero-order valence-electron chi connectivity index (χ0n) is 4.91. The Morgan fingerprint density at radius 2 is 2.38 bits per heavy atom. The third kappa shape index (κ3) is 5.92. The van der Waals surface area contributed by atoms with Gasteiger partial charge in [-0.3, -0.25) is 4.79 Å². The molecule has 0 radical (unpaired) electrons. The van der Waals surface area contributed by atoms with Gasteiger partial charge in [-0.25, -0.2) is 0 Å². The molecule has 2 nitrogen and oxygen atoms in total. The first kappa shape index (κ1) is 7.92. The number of carbonyl (C=O) groups is 1. The lowest BCUT2D eigenvalue weighted by molar-refractivity contribution is -0.110. The van der Waals surface area contributed by atoms with Gasteiger partial charge in [0.1, 0.15) is 0 Å². The number of hydrogen-bond donors (Lipinski definition) is 1. The molecule has 48 valence electrons. The molecule has 0 atom stereocenters. The van der Waals surface area contributed by atoms with Crippen molar-refractivity contribution in [3.63, 3.8) is 0 Å². The zero-order chi connectivity index (χ0) is 6.41. The van der Waals surface area contributed by atoms with Gasteiger partial charge in [-0.1, -0.05) is 6.92 Å². The summed E-state index contributed by atoms with van der Waals surface area (Å²) in [5.41, 5.74) is 0. The van der Waals surface area contributed by atoms with Crippen LogP contribution in [0.1, 0.15) is 13.3 Å². The van der Waals surface area contributed by atoms with E-state index in [2.05, 4.69) is 5.32 Å². The number of carbonyl (C=O) groups excluding carboxylic acids is 1. The van der Waals surface area contributed by atoms with Gasteiger partial charge in [-0.05, 0) is 24.6 Å². The van der Waals surface area contributed by atoms with Gasteiger partial charge in [0.25, 0.3) is 0 Å². The highest BCUT2D eigenvalue weighted by atomic mass is 35.5. The van der Waals surface area contributed by atoms with Crippen molar-refractivity contribution in [3.8, 4) is 0 Å². The molecule has 0 aliphatic heterocycles. The lowest BCUT2D eigenvalue weighted by Gasteiger charge is -1.94. The highest BCUT2D eigenvalue weighted by Crippen LogP contribution is 1.75. The molecule has 0 fully saturated rings. The van der Waals surface area contributed by atoms with E-state index in [-0.39, 0.29) is 11.8 Å². The van der Waals surface area contributed by atoms with E-state index in [1.807, 2.05) is 6.92 Å². The van der Waals surface area contributed by atoms with Crippen molar-refractivity contribution >= 4 is 16.8 Å². The fraction of sp³-hybridized carbons (Fsp3) is 0.800. The monoisotopic (exact) mass is 135 g/mol. The first-order chi connectivity index (χ1) is 3.77. The Morgan fingerprint density at radius 1 is 1.75 bits per heavy atom. The van der Waals surface area contributed by atoms with Crippen LogP contribution in [-0.2, 0) is 4.79 Å². The minimum absolute atomic E-state index is 0.287. The van der Waals surface area contributed by atoms with Crippen LogP contribution in [0.25, 0.3) is 0 Å². The lowest BCUT2D eigenvalue weighted by Crippen LogP contribution is -2.20. The number of nitrogens with one attached hydrogen (secondary N) is 1. The van der Waals surface area contributed by atoms with Crippen molar-refractivity contribution in [2.45, 2.75) is 13.3 Å². The summed E-state index contributed by atoms with van der Waals surface area (Å²) in [5, 5.41) is 2.53. The summed E-state index contributed by atoms with van der Waals surface area (Å²) in [6.45, 7) is 3.18. The molecule has 0 unspecified atom stereocenters. The third-order valence-electron chi connectivity index (χ3n) is 0.691. The van der Waals surface area contributed by atoms with Gasteiger partial charge >= 0.3 is 0 Å². The van der Waals surface area contributed by atoms with Crippen LogP contribution < -0.4 is 5.32 Å². The van der Waals surface area contributed by atoms with Gasteiger partial charge in [-0.15, -0.1) is 0 Å². The molecule has 0 aromatic heterocycles. The quantitative estimate of drug-likeness (QED) is 0.456. The molecule has 1 N–H and O–H groups in total. The van der Waals surface area contributed by atoms with Crippen LogP contribution in [0.2, 0.25) is 0 Å². The molecule has 8 heavy (non-hydrogen) atoms. The van der Waals surface area contributed by atoms with Crippen LogP contribution in [0.5, 0.6) is 0 Å². The van der Waals surface area contributed by atoms with Gasteiger partial charge in [0.15, 0.2) is 0 Å². The fourth-order valence-electron chi connectivity index (χ4n) is 0.363. The standard InChI is InChI=1S/C5H10ClNO/c1-2-3-7-4-5(6)8/h7H,2-4H2,1H3. The Hall–Kier alpha value is -0.0800. The minimum atomic E-state index is -0.321. The van der Waals surface area contributed by atoms with Crippen molar-refractivity contribution in [3.05, 3.63) is 0 Å². The van der Waals surface area contributed by atoms with E-state index < -0.39 is 0 Å². The summed E-state index contributed by atoms with van der Waals surface area (Å²) in [6.07, 6.45) is 1.03. The molecule has 0 rings (SSSR count). The molecular formula is C5H10ClNO. The van der Waals surface area contributed by atoms with E-state index in [1.165, 1.54) is 0 Å². The number of hydrogen-bond acceptors (Lipinski definition) is 2. The Bertz CT molecular complexity index is 74.8. The van der Waals surface area contributed by atoms with E-state index in [0.717, 1.165) is 13.0 Å². The Kier molecular flexibility index (Phi) is 5.01. The first-order valence-electron chi connectivity index (χ1n) is 2.66. The topological polar surface area (TPSA) is 29.1 Å². The van der Waals surface area contributed by atoms with Crippen LogP contribution >= 0.6 is 11.6 Å². The van der Waals surface area contributed by atoms with E-state index in [0.29, 0.717) is 0 Å². The van der Waals surface area contributed by atoms with Gasteiger partial charge in [0.05, 0.1) is 6.54 Å². The van der Waals surface area contributed by atoms with Crippen molar-refractivity contribution in [2.75, 3.05) is 13.1 Å². The maximum absolute atomic E-state index is 10.0. The van der Waals surface area contributed by atoms with Crippen LogP contribution in [-0.4, -0.2) is 18.3 Å². The predicted octanol–water partition coefficient (Wildman–Crippen LogP) is 0.751. The molecule has 0 bridgehead atoms. The molecule has 0 heterocycles. The van der Waals surface area contributed by atoms with Crippen LogP contribution in [0.15, 0.2) is 0 Å². The van der Waals surface area contributed by atoms with Gasteiger partial charge in [0, 0.05) is 0 Å². The predicted molar refractivity (Wildman–Crippen MR) is 34.0 cm³/mol. The van der Waals surface area contributed by atoms with Gasteiger partial charge in [0.2, 0.25) is 5.24 Å². The molecule has 3 heteroatoms. The molecular weight excluding hydrogens is 126 g/mol. The summed E-state index contributed by atoms with van der Waals surface area (Å²) in [7, 11) is 0. The molecule has 0 saturated heterocycles. The largest absolute Gasteiger partial charge is 0.309 e. The maximum atomic E-state index is 10.0. The third-order valence-corrected chi connectivity index (χ3v) is 0.824. The van der Waals surface area contributed by atoms with Crippen LogP contribution in [0, 0.1) is 0 Å². The van der Waals surface area contributed by atoms with E-state index in [9.17, 15) is 4.79 Å². The second kappa shape index (κ2) is 5.06. The molecule has 0 aliphatic carbocycles. The van der Waals surface area contributed by atoms with E-state index in [1.54, 1.807) is 0 Å². The van der Waals surface area contributed by atoms with E-state index in [4.69, 9.17) is 11.6 Å². The molecule has 0 spiro atoms. The number of halogens is 1. The van der Waals surface area contributed by atoms with Gasteiger partial charge < -0.3 is 5.32 Å². The smallest absolute Gasteiger partial charge is 0.235 e. The normalized spacial score (nSPS) is 9.25. The van der Waals surface area contributed by atoms with Crippen molar-refractivity contribution < 1.29 is 4.79 Å². The fourth-order valence-corrected chi connectivity index (χ4v) is 0.458. The average molecular weight is 136 g/mol. The number of rotatable bonds is 4. The summed E-state index contributed by atoms with van der Waals surface area (Å²) in [6, 6.07) is 0. The minimum Gasteiger partial charge on any atom is -0.309 e. The average Bonchev–Trinajstić information content (AvgIpc) is 1.66. The van der Waals surface area contributed by atoms with Gasteiger partial charge in [-0.2, -0.15) is 0 Å².